The predicted octanol–water partition coefficient (Wildman–Crippen LogP) is 6.57. The zero-order chi connectivity index (χ0) is 22.3. The van der Waals surface area contributed by atoms with Gasteiger partial charge >= 0.3 is 0 Å². The van der Waals surface area contributed by atoms with Gasteiger partial charge in [0.15, 0.2) is 0 Å². The number of unbranched alkanes of at least 4 members (excludes halogenated alkanes) is 10. The Morgan fingerprint density at radius 1 is 0.935 bits per heavy atom. The molecule has 2 atom stereocenters. The molecule has 3 N–H and O–H groups in total. The Bertz CT molecular complexity index is 863. The summed E-state index contributed by atoms with van der Waals surface area (Å²) >= 11 is 0. The van der Waals surface area contributed by atoms with Crippen molar-refractivity contribution in [3.8, 4) is 11.5 Å². The Hall–Kier alpha value is -1.69. The van der Waals surface area contributed by atoms with Gasteiger partial charge in [-0.05, 0) is 43.9 Å². The maximum atomic E-state index is 12.7. The van der Waals surface area contributed by atoms with Crippen molar-refractivity contribution in [2.24, 2.45) is 0 Å². The van der Waals surface area contributed by atoms with Gasteiger partial charge in [-0.25, -0.2) is 8.42 Å². The highest BCUT2D eigenvalue weighted by atomic mass is 32.2. The fraction of sp³-hybridized carbons (Fsp3) is 0.680. The second-order valence-electron chi connectivity index (χ2n) is 9.27. The summed E-state index contributed by atoms with van der Waals surface area (Å²) in [6.07, 6.45) is 19.7. The van der Waals surface area contributed by atoms with Gasteiger partial charge in [-0.15, -0.1) is 0 Å². The number of sulfonamides is 1. The third-order valence-corrected chi connectivity index (χ3v) is 8.26. The Labute approximate surface area is 188 Å². The smallest absolute Gasteiger partial charge is 0.265 e. The van der Waals surface area contributed by atoms with Gasteiger partial charge in [-0.1, -0.05) is 70.8 Å². The minimum Gasteiger partial charge on any atom is -0.508 e. The predicted molar refractivity (Wildman–Crippen MR) is 125 cm³/mol. The minimum absolute atomic E-state index is 0.00489. The molecule has 2 aliphatic rings. The van der Waals surface area contributed by atoms with Crippen molar-refractivity contribution in [3.63, 3.8) is 0 Å². The van der Waals surface area contributed by atoms with E-state index in [9.17, 15) is 18.6 Å². The number of phenols is 2. The van der Waals surface area contributed by atoms with Gasteiger partial charge in [0.1, 0.15) is 16.4 Å². The van der Waals surface area contributed by atoms with Crippen LogP contribution in [0.15, 0.2) is 23.2 Å². The molecule has 1 fully saturated rings. The van der Waals surface area contributed by atoms with Crippen molar-refractivity contribution in [1.82, 2.24) is 4.72 Å². The highest BCUT2D eigenvalue weighted by molar-refractivity contribution is 7.89. The van der Waals surface area contributed by atoms with E-state index >= 15 is 0 Å². The van der Waals surface area contributed by atoms with E-state index in [4.69, 9.17) is 0 Å². The van der Waals surface area contributed by atoms with E-state index in [2.05, 4.69) is 11.6 Å². The van der Waals surface area contributed by atoms with Gasteiger partial charge in [0.2, 0.25) is 0 Å². The van der Waals surface area contributed by atoms with E-state index in [1.807, 2.05) is 6.08 Å². The highest BCUT2D eigenvalue weighted by Crippen LogP contribution is 2.59. The van der Waals surface area contributed by atoms with Gasteiger partial charge in [-0.3, -0.25) is 4.72 Å². The molecular weight excluding hydrogens is 410 g/mol. The first-order chi connectivity index (χ1) is 15.0. The zero-order valence-electron chi connectivity index (χ0n) is 18.9. The Balaban J connectivity index is 1.40. The first kappa shape index (κ1) is 24.0. The molecule has 0 amide bonds. The van der Waals surface area contributed by atoms with E-state index in [-0.39, 0.29) is 28.2 Å². The molecule has 1 aromatic carbocycles. The monoisotopic (exact) mass is 449 g/mol. The van der Waals surface area contributed by atoms with Crippen LogP contribution in [0, 0.1) is 0 Å². The molecule has 2 aliphatic carbocycles. The second kappa shape index (κ2) is 11.3. The number of benzene rings is 1. The Morgan fingerprint density at radius 3 is 2.16 bits per heavy atom. The number of hydrogen-bond acceptors (Lipinski definition) is 4. The van der Waals surface area contributed by atoms with Crippen LogP contribution in [0.1, 0.15) is 120 Å². The standard InChI is InChI=1S/C25H39NO4S/c1-2-3-4-5-6-7-8-9-10-11-12-13-16-26-31(29,30)22-18-21(27)23-19-14-15-20(17-19)24(23)25(22)28/h13,16,18-20,26-28H,2-12,14-15,17H2,1H3. The van der Waals surface area contributed by atoms with E-state index in [0.717, 1.165) is 44.1 Å². The summed E-state index contributed by atoms with van der Waals surface area (Å²) in [6.45, 7) is 2.24. The summed E-state index contributed by atoms with van der Waals surface area (Å²) in [4.78, 5) is -0.222. The molecule has 0 radical (unpaired) electrons. The highest BCUT2D eigenvalue weighted by Gasteiger charge is 2.42. The molecule has 2 unspecified atom stereocenters. The number of aromatic hydroxyl groups is 2. The summed E-state index contributed by atoms with van der Waals surface area (Å²) in [6, 6.07) is 1.20. The molecule has 1 aromatic rings. The van der Waals surface area contributed by atoms with Crippen LogP contribution in [0.5, 0.6) is 11.5 Å². The number of allylic oxidation sites excluding steroid dienone is 1. The maximum Gasteiger partial charge on any atom is 0.265 e. The summed E-state index contributed by atoms with van der Waals surface area (Å²) in [5.74, 6) is 0.217. The first-order valence-corrected chi connectivity index (χ1v) is 13.7. The van der Waals surface area contributed by atoms with Crippen molar-refractivity contribution in [1.29, 1.82) is 0 Å². The summed E-state index contributed by atoms with van der Waals surface area (Å²) in [5, 5.41) is 21.0. The van der Waals surface area contributed by atoms with Crippen molar-refractivity contribution < 1.29 is 18.6 Å². The Morgan fingerprint density at radius 2 is 1.52 bits per heavy atom. The third-order valence-electron chi connectivity index (χ3n) is 6.93. The quantitative estimate of drug-likeness (QED) is 0.221. The lowest BCUT2D eigenvalue weighted by Gasteiger charge is -2.20. The fourth-order valence-corrected chi connectivity index (χ4v) is 6.29. The van der Waals surface area contributed by atoms with Gasteiger partial charge in [0, 0.05) is 23.4 Å². The molecule has 2 bridgehead atoms. The lowest BCUT2D eigenvalue weighted by molar-refractivity contribution is 0.428. The van der Waals surface area contributed by atoms with E-state index < -0.39 is 10.0 Å². The average molecular weight is 450 g/mol. The summed E-state index contributed by atoms with van der Waals surface area (Å²) in [5.41, 5.74) is 1.40. The van der Waals surface area contributed by atoms with Gasteiger partial charge in [0.05, 0.1) is 0 Å². The number of phenolic OH excluding ortho intramolecular Hbond substituents is 2. The summed E-state index contributed by atoms with van der Waals surface area (Å²) < 4.78 is 27.8. The van der Waals surface area contributed by atoms with Crippen LogP contribution >= 0.6 is 0 Å². The Kier molecular flexibility index (Phi) is 8.70. The van der Waals surface area contributed by atoms with E-state index in [0.29, 0.717) is 5.56 Å². The lowest BCUT2D eigenvalue weighted by atomic mass is 9.90. The second-order valence-corrected chi connectivity index (χ2v) is 11.0. The SMILES string of the molecule is CCCCCCCCCCCCC=CNS(=O)(=O)c1cc(O)c2c(c1O)C1CCC2C1. The van der Waals surface area contributed by atoms with Gasteiger partial charge in [-0.2, -0.15) is 0 Å². The molecule has 0 aromatic heterocycles. The van der Waals surface area contributed by atoms with E-state index in [1.54, 1.807) is 0 Å². The van der Waals surface area contributed by atoms with Crippen molar-refractivity contribution in [3.05, 3.63) is 29.5 Å². The molecule has 31 heavy (non-hydrogen) atoms. The van der Waals surface area contributed by atoms with Gasteiger partial charge < -0.3 is 10.2 Å². The number of rotatable bonds is 14. The number of fused-ring (bicyclic) bond motifs is 5. The molecule has 1 saturated carbocycles. The number of nitrogens with one attached hydrogen (secondary N) is 1. The maximum absolute atomic E-state index is 12.7. The largest absolute Gasteiger partial charge is 0.508 e. The number of hydrogen-bond donors (Lipinski definition) is 3. The zero-order valence-corrected chi connectivity index (χ0v) is 19.7. The van der Waals surface area contributed by atoms with Crippen molar-refractivity contribution in [2.45, 2.75) is 114 Å². The normalized spacial score (nSPS) is 19.9. The molecular formula is C25H39NO4S. The van der Waals surface area contributed by atoms with E-state index in [1.165, 1.54) is 63.6 Å². The third kappa shape index (κ3) is 5.97. The molecule has 5 nitrogen and oxygen atoms in total. The lowest BCUT2D eigenvalue weighted by Crippen LogP contribution is -2.19. The van der Waals surface area contributed by atoms with Crippen LogP contribution in [0.25, 0.3) is 0 Å². The minimum atomic E-state index is -3.91. The van der Waals surface area contributed by atoms with Crippen LogP contribution in [0.4, 0.5) is 0 Å². The molecule has 6 heteroatoms. The first-order valence-electron chi connectivity index (χ1n) is 12.2. The van der Waals surface area contributed by atoms with Crippen molar-refractivity contribution in [2.75, 3.05) is 0 Å². The average Bonchev–Trinajstić information content (AvgIpc) is 3.36. The van der Waals surface area contributed by atoms with Crippen LogP contribution in [0.2, 0.25) is 0 Å². The van der Waals surface area contributed by atoms with Crippen LogP contribution in [0.3, 0.4) is 0 Å². The molecule has 174 valence electrons. The van der Waals surface area contributed by atoms with Gasteiger partial charge in [0.25, 0.3) is 10.0 Å². The molecule has 0 heterocycles. The fourth-order valence-electron chi connectivity index (χ4n) is 5.26. The van der Waals surface area contributed by atoms with Crippen LogP contribution in [-0.4, -0.2) is 18.6 Å². The molecule has 0 saturated heterocycles. The van der Waals surface area contributed by atoms with Crippen molar-refractivity contribution >= 4 is 10.0 Å². The molecule has 3 rings (SSSR count). The van der Waals surface area contributed by atoms with Crippen LogP contribution < -0.4 is 4.72 Å². The summed E-state index contributed by atoms with van der Waals surface area (Å²) in [7, 11) is -3.91. The molecule has 0 aliphatic heterocycles. The molecule has 0 spiro atoms. The van der Waals surface area contributed by atoms with Crippen LogP contribution in [-0.2, 0) is 10.0 Å². The topological polar surface area (TPSA) is 86.6 Å².